The minimum Gasteiger partial charge on any atom is -0.384 e. The van der Waals surface area contributed by atoms with Crippen molar-refractivity contribution in [1.82, 2.24) is 10.3 Å². The minimum absolute atomic E-state index is 0.100. The fourth-order valence-electron chi connectivity index (χ4n) is 2.12. The van der Waals surface area contributed by atoms with Gasteiger partial charge in [0, 0.05) is 30.0 Å². The van der Waals surface area contributed by atoms with E-state index in [9.17, 15) is 4.79 Å². The summed E-state index contributed by atoms with van der Waals surface area (Å²) < 4.78 is 5.31. The maximum atomic E-state index is 12.2. The van der Waals surface area contributed by atoms with Gasteiger partial charge in [0.15, 0.2) is 0 Å². The average molecular weight is 249 g/mol. The molecular weight excluding hydrogens is 230 g/mol. The highest BCUT2D eigenvalue weighted by Crippen LogP contribution is 2.20. The lowest BCUT2D eigenvalue weighted by molar-refractivity contribution is 0.0423. The van der Waals surface area contributed by atoms with Crippen LogP contribution in [0.5, 0.6) is 0 Å². The van der Waals surface area contributed by atoms with Gasteiger partial charge in [-0.15, -0.1) is 0 Å². The number of pyridine rings is 1. The number of amides is 1. The van der Waals surface area contributed by atoms with Gasteiger partial charge >= 0.3 is 0 Å². The molecule has 1 fully saturated rings. The van der Waals surface area contributed by atoms with E-state index in [1.54, 1.807) is 12.1 Å². The first-order valence-corrected chi connectivity index (χ1v) is 6.13. The summed E-state index contributed by atoms with van der Waals surface area (Å²) in [6.07, 6.45) is 1.66. The van der Waals surface area contributed by atoms with Crippen molar-refractivity contribution < 1.29 is 9.53 Å². The molecule has 0 unspecified atom stereocenters. The molecule has 0 spiro atoms. The number of nitrogens with two attached hydrogens (primary N) is 1. The Hall–Kier alpha value is -1.62. The molecule has 1 amide bonds. The Bertz CT molecular complexity index is 433. The van der Waals surface area contributed by atoms with E-state index in [4.69, 9.17) is 10.5 Å². The Labute approximate surface area is 107 Å². The third-order valence-electron chi connectivity index (χ3n) is 3.25. The van der Waals surface area contributed by atoms with E-state index in [0.29, 0.717) is 24.6 Å². The summed E-state index contributed by atoms with van der Waals surface area (Å²) in [5, 5.41) is 3.06. The lowest BCUT2D eigenvalue weighted by Crippen LogP contribution is -2.49. The van der Waals surface area contributed by atoms with Crippen LogP contribution in [0.25, 0.3) is 0 Å². The molecule has 1 aromatic rings. The number of aryl methyl sites for hydroxylation is 1. The predicted octanol–water partition coefficient (Wildman–Crippen LogP) is 1.27. The van der Waals surface area contributed by atoms with Crippen LogP contribution < -0.4 is 11.1 Å². The van der Waals surface area contributed by atoms with Crippen molar-refractivity contribution in [2.75, 3.05) is 18.9 Å². The van der Waals surface area contributed by atoms with E-state index < -0.39 is 0 Å². The first-order valence-electron chi connectivity index (χ1n) is 6.13. The van der Waals surface area contributed by atoms with Crippen LogP contribution in [-0.4, -0.2) is 29.6 Å². The Morgan fingerprint density at radius 3 is 2.72 bits per heavy atom. The number of nitrogens with one attached hydrogen (secondary N) is 1. The zero-order valence-electron chi connectivity index (χ0n) is 10.8. The van der Waals surface area contributed by atoms with Crippen LogP contribution in [0, 0.1) is 6.92 Å². The fourth-order valence-corrected chi connectivity index (χ4v) is 2.12. The lowest BCUT2D eigenvalue weighted by Gasteiger charge is -2.34. The molecule has 0 aromatic carbocycles. The molecule has 1 aromatic heterocycles. The van der Waals surface area contributed by atoms with Crippen LogP contribution in [0.2, 0.25) is 0 Å². The van der Waals surface area contributed by atoms with Gasteiger partial charge in [0.25, 0.3) is 5.91 Å². The second-order valence-corrected chi connectivity index (χ2v) is 5.05. The van der Waals surface area contributed by atoms with E-state index in [1.165, 1.54) is 0 Å². The molecule has 18 heavy (non-hydrogen) atoms. The summed E-state index contributed by atoms with van der Waals surface area (Å²) in [6.45, 7) is 5.25. The molecule has 0 atom stereocenters. The van der Waals surface area contributed by atoms with Gasteiger partial charge in [-0.25, -0.2) is 4.98 Å². The number of nitrogen functional groups attached to an aromatic ring is 1. The van der Waals surface area contributed by atoms with Gasteiger partial charge in [0.05, 0.1) is 0 Å². The maximum Gasteiger partial charge on any atom is 0.251 e. The second-order valence-electron chi connectivity index (χ2n) is 5.05. The van der Waals surface area contributed by atoms with Crippen molar-refractivity contribution in [2.45, 2.75) is 32.2 Å². The molecule has 0 radical (unpaired) electrons. The van der Waals surface area contributed by atoms with Crippen LogP contribution in [0.3, 0.4) is 0 Å². The molecule has 3 N–H and O–H groups in total. The molecule has 0 saturated carbocycles. The summed E-state index contributed by atoms with van der Waals surface area (Å²) in [4.78, 5) is 16.2. The van der Waals surface area contributed by atoms with Crippen LogP contribution >= 0.6 is 0 Å². The van der Waals surface area contributed by atoms with Gasteiger partial charge in [0.1, 0.15) is 5.82 Å². The van der Waals surface area contributed by atoms with Crippen molar-refractivity contribution in [1.29, 1.82) is 0 Å². The highest BCUT2D eigenvalue weighted by molar-refractivity contribution is 5.95. The summed E-state index contributed by atoms with van der Waals surface area (Å²) in [5.74, 6) is 0.272. The summed E-state index contributed by atoms with van der Waals surface area (Å²) >= 11 is 0. The predicted molar refractivity (Wildman–Crippen MR) is 69.3 cm³/mol. The second kappa shape index (κ2) is 4.94. The highest BCUT2D eigenvalue weighted by Gasteiger charge is 2.29. The van der Waals surface area contributed by atoms with Crippen molar-refractivity contribution in [3.05, 3.63) is 23.4 Å². The molecule has 5 heteroatoms. The Balaban J connectivity index is 2.11. The van der Waals surface area contributed by atoms with E-state index in [0.717, 1.165) is 18.5 Å². The lowest BCUT2D eigenvalue weighted by atomic mass is 9.92. The number of carbonyl (C=O) groups is 1. The number of nitrogens with zero attached hydrogens (tertiary/aromatic N) is 1. The summed E-state index contributed by atoms with van der Waals surface area (Å²) in [6, 6.07) is 3.35. The smallest absolute Gasteiger partial charge is 0.251 e. The van der Waals surface area contributed by atoms with Gasteiger partial charge in [-0.2, -0.15) is 0 Å². The van der Waals surface area contributed by atoms with Crippen LogP contribution in [0.1, 0.15) is 35.8 Å². The first-order chi connectivity index (χ1) is 8.48. The first kappa shape index (κ1) is 12.8. The molecule has 1 aliphatic heterocycles. The molecule has 1 aliphatic rings. The van der Waals surface area contributed by atoms with E-state index >= 15 is 0 Å². The molecule has 0 bridgehead atoms. The maximum absolute atomic E-state index is 12.2. The number of hydrogen-bond donors (Lipinski definition) is 2. The van der Waals surface area contributed by atoms with E-state index in [-0.39, 0.29) is 11.4 Å². The van der Waals surface area contributed by atoms with Crippen molar-refractivity contribution >= 4 is 11.7 Å². The molecule has 98 valence electrons. The molecule has 5 nitrogen and oxygen atoms in total. The van der Waals surface area contributed by atoms with E-state index in [2.05, 4.69) is 10.3 Å². The normalized spacial score (nSPS) is 18.3. The van der Waals surface area contributed by atoms with E-state index in [1.807, 2.05) is 13.8 Å². The quantitative estimate of drug-likeness (QED) is 0.827. The number of aromatic nitrogens is 1. The summed E-state index contributed by atoms with van der Waals surface area (Å²) in [7, 11) is 0. The van der Waals surface area contributed by atoms with Gasteiger partial charge < -0.3 is 15.8 Å². The van der Waals surface area contributed by atoms with Crippen LogP contribution in [0.15, 0.2) is 12.1 Å². The summed E-state index contributed by atoms with van der Waals surface area (Å²) in [5.41, 5.74) is 6.77. The van der Waals surface area contributed by atoms with Crippen molar-refractivity contribution in [2.24, 2.45) is 0 Å². The fraction of sp³-hybridized carbons (Fsp3) is 0.538. The average Bonchev–Trinajstić information content (AvgIpc) is 2.28. The molecule has 2 heterocycles. The topological polar surface area (TPSA) is 77.2 Å². The number of anilines is 1. The Morgan fingerprint density at radius 2 is 2.11 bits per heavy atom. The van der Waals surface area contributed by atoms with Gasteiger partial charge in [-0.3, -0.25) is 4.79 Å². The third kappa shape index (κ3) is 2.98. The number of carbonyl (C=O) groups excluding carboxylic acids is 1. The molecule has 2 rings (SSSR count). The third-order valence-corrected chi connectivity index (χ3v) is 3.25. The standard InChI is InChI=1S/C13H19N3O2/c1-9-7-10(8-11(14)15-9)12(17)16-13(2)3-5-18-6-4-13/h7-8H,3-6H2,1-2H3,(H2,14,15)(H,16,17). The minimum atomic E-state index is -0.193. The number of hydrogen-bond acceptors (Lipinski definition) is 4. The van der Waals surface area contributed by atoms with Gasteiger partial charge in [-0.1, -0.05) is 0 Å². The van der Waals surface area contributed by atoms with Gasteiger partial charge in [-0.05, 0) is 38.8 Å². The Morgan fingerprint density at radius 1 is 1.44 bits per heavy atom. The largest absolute Gasteiger partial charge is 0.384 e. The molecule has 0 aliphatic carbocycles. The van der Waals surface area contributed by atoms with Gasteiger partial charge in [0.2, 0.25) is 0 Å². The van der Waals surface area contributed by atoms with Crippen molar-refractivity contribution in [3.8, 4) is 0 Å². The number of ether oxygens (including phenoxy) is 1. The molecule has 1 saturated heterocycles. The monoisotopic (exact) mass is 249 g/mol. The van der Waals surface area contributed by atoms with Crippen LogP contribution in [0.4, 0.5) is 5.82 Å². The number of rotatable bonds is 2. The Kier molecular flexibility index (Phi) is 3.52. The van der Waals surface area contributed by atoms with Crippen LogP contribution in [-0.2, 0) is 4.74 Å². The van der Waals surface area contributed by atoms with Crippen molar-refractivity contribution in [3.63, 3.8) is 0 Å². The molecular formula is C13H19N3O2. The highest BCUT2D eigenvalue weighted by atomic mass is 16.5. The zero-order chi connectivity index (χ0) is 13.2. The zero-order valence-corrected chi connectivity index (χ0v) is 10.8. The SMILES string of the molecule is Cc1cc(C(=O)NC2(C)CCOCC2)cc(N)n1.